The van der Waals surface area contributed by atoms with E-state index in [2.05, 4.69) is 0 Å². The Morgan fingerprint density at radius 2 is 0.692 bits per heavy atom. The van der Waals surface area contributed by atoms with Crippen molar-refractivity contribution in [2.45, 2.75) is 9.79 Å². The summed E-state index contributed by atoms with van der Waals surface area (Å²) in [5.74, 6) is 0.343. The lowest BCUT2D eigenvalue weighted by Gasteiger charge is -2.25. The second-order valence-corrected chi connectivity index (χ2v) is 11.5. The zero-order valence-electron chi connectivity index (χ0n) is 20.5. The van der Waals surface area contributed by atoms with Gasteiger partial charge in [-0.1, -0.05) is 54.6 Å². The molecule has 0 fully saturated rings. The van der Waals surface area contributed by atoms with E-state index < -0.39 is 20.2 Å². The minimum absolute atomic E-state index is 0.0663. The summed E-state index contributed by atoms with van der Waals surface area (Å²) in [6.07, 6.45) is 0. The number of hydrogen-bond donors (Lipinski definition) is 0. The molecule has 0 aliphatic heterocycles. The first-order valence-electron chi connectivity index (χ1n) is 11.9. The van der Waals surface area contributed by atoms with Crippen LogP contribution in [-0.4, -0.2) is 16.8 Å². The first-order chi connectivity index (χ1) is 18.8. The Labute approximate surface area is 227 Å². The Morgan fingerprint density at radius 3 is 1.05 bits per heavy atom. The fourth-order valence-electron chi connectivity index (χ4n) is 3.85. The van der Waals surface area contributed by atoms with E-state index in [1.165, 1.54) is 24.3 Å². The van der Waals surface area contributed by atoms with Gasteiger partial charge in [0.05, 0.1) is 0 Å². The third-order valence-corrected chi connectivity index (χ3v) is 8.20. The zero-order valence-corrected chi connectivity index (χ0v) is 22.1. The summed E-state index contributed by atoms with van der Waals surface area (Å²) in [4.78, 5) is 2.07. The Bertz CT molecular complexity index is 1630. The average Bonchev–Trinajstić information content (AvgIpc) is 2.96. The molecule has 0 aliphatic carbocycles. The first-order valence-corrected chi connectivity index (χ1v) is 14.7. The number of nitrogens with zero attached hydrogens (tertiary/aromatic N) is 1. The van der Waals surface area contributed by atoms with Crippen LogP contribution in [0.1, 0.15) is 0 Å². The third kappa shape index (κ3) is 6.11. The molecule has 5 rings (SSSR count). The van der Waals surface area contributed by atoms with E-state index in [-0.39, 0.29) is 21.3 Å². The van der Waals surface area contributed by atoms with Crippen LogP contribution in [0.25, 0.3) is 0 Å². The van der Waals surface area contributed by atoms with Crippen LogP contribution in [0.3, 0.4) is 0 Å². The van der Waals surface area contributed by atoms with Crippen molar-refractivity contribution in [2.75, 3.05) is 4.90 Å². The van der Waals surface area contributed by atoms with Crippen LogP contribution < -0.4 is 13.3 Å². The fourth-order valence-corrected chi connectivity index (χ4v) is 5.75. The topological polar surface area (TPSA) is 90.0 Å². The quantitative estimate of drug-likeness (QED) is 0.187. The standard InChI is InChI=1S/C30H23NO6S2/c32-38(33,29-12-6-2-7-13-29)36-27-20-16-25(17-21-27)31(24-10-4-1-5-11-24)26-18-22-28(23-19-26)37-39(34,35)30-14-8-3-9-15-30/h1-23H. The molecule has 0 heterocycles. The summed E-state index contributed by atoms with van der Waals surface area (Å²) in [6, 6.07) is 38.7. The van der Waals surface area contributed by atoms with Crippen LogP contribution in [0.2, 0.25) is 0 Å². The van der Waals surface area contributed by atoms with Crippen LogP contribution >= 0.6 is 0 Å². The van der Waals surface area contributed by atoms with Gasteiger partial charge < -0.3 is 13.3 Å². The molecule has 0 unspecified atom stereocenters. The summed E-state index contributed by atoms with van der Waals surface area (Å²) < 4.78 is 61.0. The van der Waals surface area contributed by atoms with Crippen molar-refractivity contribution in [1.29, 1.82) is 0 Å². The maximum Gasteiger partial charge on any atom is 0.339 e. The van der Waals surface area contributed by atoms with Crippen LogP contribution in [0, 0.1) is 0 Å². The van der Waals surface area contributed by atoms with Crippen molar-refractivity contribution in [3.8, 4) is 11.5 Å². The van der Waals surface area contributed by atoms with E-state index in [1.807, 2.05) is 35.2 Å². The Hall–Kier alpha value is -4.60. The molecule has 5 aromatic carbocycles. The summed E-state index contributed by atoms with van der Waals surface area (Å²) in [6.45, 7) is 0. The molecule has 0 aliphatic rings. The minimum atomic E-state index is -3.97. The van der Waals surface area contributed by atoms with E-state index >= 15 is 0 Å². The van der Waals surface area contributed by atoms with Crippen molar-refractivity contribution in [2.24, 2.45) is 0 Å². The molecule has 9 heteroatoms. The van der Waals surface area contributed by atoms with Gasteiger partial charge in [-0.25, -0.2) is 0 Å². The van der Waals surface area contributed by atoms with Crippen molar-refractivity contribution in [3.05, 3.63) is 140 Å². The van der Waals surface area contributed by atoms with E-state index in [0.717, 1.165) is 17.1 Å². The predicted molar refractivity (Wildman–Crippen MR) is 150 cm³/mol. The number of benzene rings is 5. The highest BCUT2D eigenvalue weighted by Gasteiger charge is 2.19. The molecular weight excluding hydrogens is 534 g/mol. The van der Waals surface area contributed by atoms with Crippen molar-refractivity contribution in [3.63, 3.8) is 0 Å². The second kappa shape index (κ2) is 11.0. The lowest BCUT2D eigenvalue weighted by Crippen LogP contribution is -2.12. The molecule has 39 heavy (non-hydrogen) atoms. The smallest absolute Gasteiger partial charge is 0.339 e. The van der Waals surface area contributed by atoms with Gasteiger partial charge >= 0.3 is 20.2 Å². The average molecular weight is 558 g/mol. The molecule has 0 bridgehead atoms. The lowest BCUT2D eigenvalue weighted by molar-refractivity contribution is 0.484. The van der Waals surface area contributed by atoms with Gasteiger partial charge in [-0.05, 0) is 84.9 Å². The van der Waals surface area contributed by atoms with E-state index in [0.29, 0.717) is 0 Å². The number of rotatable bonds is 9. The maximum absolute atomic E-state index is 12.6. The van der Waals surface area contributed by atoms with Gasteiger partial charge in [-0.15, -0.1) is 0 Å². The van der Waals surface area contributed by atoms with Gasteiger partial charge in [-0.2, -0.15) is 16.8 Å². The van der Waals surface area contributed by atoms with Crippen LogP contribution in [0.5, 0.6) is 11.5 Å². The highest BCUT2D eigenvalue weighted by atomic mass is 32.2. The number of hydrogen-bond acceptors (Lipinski definition) is 7. The molecule has 0 amide bonds. The monoisotopic (exact) mass is 557 g/mol. The number of para-hydroxylation sites is 1. The summed E-state index contributed by atoms with van der Waals surface area (Å²) in [5, 5.41) is 0. The van der Waals surface area contributed by atoms with Gasteiger partial charge in [-0.3, -0.25) is 0 Å². The van der Waals surface area contributed by atoms with E-state index in [4.69, 9.17) is 8.37 Å². The third-order valence-electron chi connectivity index (χ3n) is 5.68. The minimum Gasteiger partial charge on any atom is -0.379 e. The molecule has 0 saturated carbocycles. The molecule has 0 saturated heterocycles. The molecule has 196 valence electrons. The molecular formula is C30H23NO6S2. The second-order valence-electron chi connectivity index (χ2n) is 8.36. The summed E-state index contributed by atoms with van der Waals surface area (Å²) in [7, 11) is -7.93. The Morgan fingerprint density at radius 1 is 0.385 bits per heavy atom. The molecule has 0 aromatic heterocycles. The lowest BCUT2D eigenvalue weighted by atomic mass is 10.2. The maximum atomic E-state index is 12.6. The molecule has 7 nitrogen and oxygen atoms in total. The zero-order chi connectivity index (χ0) is 27.3. The van der Waals surface area contributed by atoms with Gasteiger partial charge in [0.2, 0.25) is 0 Å². The molecule has 0 spiro atoms. The molecule has 0 atom stereocenters. The fraction of sp³-hybridized carbons (Fsp3) is 0. The Kier molecular flexibility index (Phi) is 7.36. The van der Waals surface area contributed by atoms with Crippen molar-refractivity contribution >= 4 is 37.3 Å². The van der Waals surface area contributed by atoms with E-state index in [9.17, 15) is 16.8 Å². The van der Waals surface area contributed by atoms with Crippen LogP contribution in [0.4, 0.5) is 17.1 Å². The van der Waals surface area contributed by atoms with Crippen molar-refractivity contribution in [1.82, 2.24) is 0 Å². The van der Waals surface area contributed by atoms with Crippen LogP contribution in [-0.2, 0) is 20.2 Å². The largest absolute Gasteiger partial charge is 0.379 e. The predicted octanol–water partition coefficient (Wildman–Crippen LogP) is 6.69. The van der Waals surface area contributed by atoms with Gasteiger partial charge in [0.15, 0.2) is 0 Å². The van der Waals surface area contributed by atoms with Gasteiger partial charge in [0, 0.05) is 17.1 Å². The van der Waals surface area contributed by atoms with Gasteiger partial charge in [0.25, 0.3) is 0 Å². The van der Waals surface area contributed by atoms with E-state index in [1.54, 1.807) is 84.9 Å². The summed E-state index contributed by atoms with van der Waals surface area (Å²) >= 11 is 0. The molecule has 0 N–H and O–H groups in total. The number of anilines is 3. The van der Waals surface area contributed by atoms with Crippen LogP contribution in [0.15, 0.2) is 149 Å². The molecule has 5 aromatic rings. The van der Waals surface area contributed by atoms with Crippen molar-refractivity contribution < 1.29 is 25.2 Å². The SMILES string of the molecule is O=S(=O)(Oc1ccc(N(c2ccccc2)c2ccc(OS(=O)(=O)c3ccccc3)cc2)cc1)c1ccccc1. The first kappa shape index (κ1) is 26.0. The summed E-state index contributed by atoms with van der Waals surface area (Å²) in [5.41, 5.74) is 2.31. The highest BCUT2D eigenvalue weighted by Crippen LogP contribution is 2.36. The highest BCUT2D eigenvalue weighted by molar-refractivity contribution is 7.87. The Balaban J connectivity index is 1.41. The molecule has 0 radical (unpaired) electrons. The normalized spacial score (nSPS) is 11.5. The van der Waals surface area contributed by atoms with Gasteiger partial charge in [0.1, 0.15) is 21.3 Å².